The van der Waals surface area contributed by atoms with E-state index < -0.39 is 0 Å². The third-order valence-electron chi connectivity index (χ3n) is 5.61. The Bertz CT molecular complexity index is 560. The van der Waals surface area contributed by atoms with Gasteiger partial charge >= 0.3 is 0 Å². The van der Waals surface area contributed by atoms with E-state index in [-0.39, 0.29) is 24.0 Å². The summed E-state index contributed by atoms with van der Waals surface area (Å²) in [6.45, 7) is 6.62. The lowest BCUT2D eigenvalue weighted by Crippen LogP contribution is -2.46. The van der Waals surface area contributed by atoms with Gasteiger partial charge in [-0.15, -0.1) is 24.0 Å². The summed E-state index contributed by atoms with van der Waals surface area (Å²) in [4.78, 5) is 7.02. The number of nitrogens with one attached hydrogen (secondary N) is 2. The topological polar surface area (TPSA) is 39.7 Å². The van der Waals surface area contributed by atoms with E-state index in [9.17, 15) is 0 Å². The number of nitrogens with zero attached hydrogens (tertiary/aromatic N) is 2. The Labute approximate surface area is 169 Å². The molecule has 0 aromatic heterocycles. The summed E-state index contributed by atoms with van der Waals surface area (Å²) in [6, 6.07) is 9.54. The molecule has 2 N–H and O–H groups in total. The lowest BCUT2D eigenvalue weighted by atomic mass is 9.78. The first-order chi connectivity index (χ1) is 11.8. The van der Waals surface area contributed by atoms with Gasteiger partial charge < -0.3 is 10.6 Å². The quantitative estimate of drug-likeness (QED) is 0.392. The van der Waals surface area contributed by atoms with E-state index in [4.69, 9.17) is 0 Å². The maximum absolute atomic E-state index is 4.37. The predicted molar refractivity (Wildman–Crippen MR) is 117 cm³/mol. The molecule has 0 radical (unpaired) electrons. The molecule has 4 nitrogen and oxygen atoms in total. The van der Waals surface area contributed by atoms with Crippen molar-refractivity contribution in [1.29, 1.82) is 0 Å². The van der Waals surface area contributed by atoms with E-state index in [1.807, 2.05) is 7.05 Å². The molecule has 1 saturated heterocycles. The average Bonchev–Trinajstić information content (AvgIpc) is 2.61. The zero-order chi connectivity index (χ0) is 16.8. The predicted octanol–water partition coefficient (Wildman–Crippen LogP) is 3.37. The fourth-order valence-corrected chi connectivity index (χ4v) is 4.12. The Balaban J connectivity index is 0.00000225. The van der Waals surface area contributed by atoms with Crippen LogP contribution in [0, 0.1) is 0 Å². The summed E-state index contributed by atoms with van der Waals surface area (Å²) in [5, 5.41) is 6.98. The van der Waals surface area contributed by atoms with Crippen molar-refractivity contribution in [3.05, 3.63) is 35.4 Å². The maximum Gasteiger partial charge on any atom is 0.191 e. The number of aliphatic imine (C=N–C) groups is 1. The first kappa shape index (κ1) is 20.5. The van der Waals surface area contributed by atoms with Crippen molar-refractivity contribution < 1.29 is 0 Å². The van der Waals surface area contributed by atoms with Crippen LogP contribution in [0.2, 0.25) is 0 Å². The number of fused-ring (bicyclic) bond motifs is 1. The number of guanidine groups is 1. The number of halogens is 1. The molecule has 1 heterocycles. The van der Waals surface area contributed by atoms with Crippen molar-refractivity contribution in [2.24, 2.45) is 4.99 Å². The van der Waals surface area contributed by atoms with Crippen LogP contribution in [0.3, 0.4) is 0 Å². The number of likely N-dealkylation sites (tertiary alicyclic amines) is 1. The van der Waals surface area contributed by atoms with Crippen molar-refractivity contribution in [2.75, 3.05) is 33.2 Å². The number of benzene rings is 1. The first-order valence-corrected chi connectivity index (χ1v) is 9.58. The zero-order valence-corrected chi connectivity index (χ0v) is 18.0. The zero-order valence-electron chi connectivity index (χ0n) is 15.6. The second-order valence-corrected chi connectivity index (χ2v) is 7.07. The van der Waals surface area contributed by atoms with Gasteiger partial charge in [0.2, 0.25) is 0 Å². The van der Waals surface area contributed by atoms with Crippen LogP contribution < -0.4 is 10.6 Å². The lowest BCUT2D eigenvalue weighted by molar-refractivity contribution is 0.147. The van der Waals surface area contributed by atoms with Crippen LogP contribution in [0.4, 0.5) is 0 Å². The van der Waals surface area contributed by atoms with Gasteiger partial charge in [0.1, 0.15) is 0 Å². The molecular weight excluding hydrogens is 423 g/mol. The second kappa shape index (κ2) is 10.4. The molecule has 140 valence electrons. The van der Waals surface area contributed by atoms with Gasteiger partial charge in [-0.25, -0.2) is 0 Å². The summed E-state index contributed by atoms with van der Waals surface area (Å²) in [7, 11) is 1.86. The monoisotopic (exact) mass is 456 g/mol. The van der Waals surface area contributed by atoms with Crippen molar-refractivity contribution in [2.45, 2.75) is 51.0 Å². The highest BCUT2D eigenvalue weighted by Crippen LogP contribution is 2.33. The van der Waals surface area contributed by atoms with Gasteiger partial charge in [0.05, 0.1) is 0 Å². The first-order valence-electron chi connectivity index (χ1n) is 9.58. The lowest BCUT2D eigenvalue weighted by Gasteiger charge is -2.35. The van der Waals surface area contributed by atoms with E-state index in [1.54, 1.807) is 0 Å². The average molecular weight is 456 g/mol. The van der Waals surface area contributed by atoms with Gasteiger partial charge in [-0.05, 0) is 43.4 Å². The number of hydrogen-bond acceptors (Lipinski definition) is 2. The van der Waals surface area contributed by atoms with Crippen LogP contribution in [-0.2, 0) is 6.42 Å². The summed E-state index contributed by atoms with van der Waals surface area (Å²) >= 11 is 0. The third-order valence-corrected chi connectivity index (χ3v) is 5.61. The number of hydrogen-bond donors (Lipinski definition) is 2. The molecule has 1 aliphatic carbocycles. The van der Waals surface area contributed by atoms with Crippen molar-refractivity contribution in [1.82, 2.24) is 15.5 Å². The smallest absolute Gasteiger partial charge is 0.191 e. The molecule has 2 unspecified atom stereocenters. The van der Waals surface area contributed by atoms with Gasteiger partial charge in [0.15, 0.2) is 5.96 Å². The SMILES string of the molecule is CCC1CCCCN1CCNC(=NC)NCC1Cc2ccccc21.I. The molecule has 0 bridgehead atoms. The molecule has 25 heavy (non-hydrogen) atoms. The molecule has 1 fully saturated rings. The fraction of sp³-hybridized carbons (Fsp3) is 0.650. The van der Waals surface area contributed by atoms with E-state index in [2.05, 4.69) is 51.7 Å². The van der Waals surface area contributed by atoms with E-state index >= 15 is 0 Å². The Kier molecular flexibility index (Phi) is 8.49. The Morgan fingerprint density at radius 1 is 1.24 bits per heavy atom. The maximum atomic E-state index is 4.37. The minimum absolute atomic E-state index is 0. The molecule has 1 aromatic rings. The molecule has 2 aliphatic rings. The largest absolute Gasteiger partial charge is 0.356 e. The van der Waals surface area contributed by atoms with Crippen molar-refractivity contribution in [3.63, 3.8) is 0 Å². The van der Waals surface area contributed by atoms with E-state index in [0.29, 0.717) is 5.92 Å². The summed E-state index contributed by atoms with van der Waals surface area (Å²) < 4.78 is 0. The van der Waals surface area contributed by atoms with Crippen LogP contribution in [0.25, 0.3) is 0 Å². The molecule has 0 saturated carbocycles. The highest BCUT2D eigenvalue weighted by atomic mass is 127. The summed E-state index contributed by atoms with van der Waals surface area (Å²) in [5.41, 5.74) is 3.00. The molecular formula is C20H33IN4. The Morgan fingerprint density at radius 2 is 2.08 bits per heavy atom. The molecule has 2 atom stereocenters. The minimum Gasteiger partial charge on any atom is -0.356 e. The molecule has 1 aromatic carbocycles. The van der Waals surface area contributed by atoms with Crippen LogP contribution in [-0.4, -0.2) is 50.1 Å². The van der Waals surface area contributed by atoms with Gasteiger partial charge in [0.25, 0.3) is 0 Å². The summed E-state index contributed by atoms with van der Waals surface area (Å²) in [6.07, 6.45) is 6.57. The molecule has 1 aliphatic heterocycles. The molecule has 0 spiro atoms. The molecule has 0 amide bonds. The summed E-state index contributed by atoms with van der Waals surface area (Å²) in [5.74, 6) is 1.57. The number of rotatable bonds is 6. The normalized spacial score (nSPS) is 23.2. The van der Waals surface area contributed by atoms with Gasteiger partial charge in [-0.2, -0.15) is 0 Å². The number of piperidine rings is 1. The highest BCUT2D eigenvalue weighted by molar-refractivity contribution is 14.0. The van der Waals surface area contributed by atoms with Crippen LogP contribution in [0.5, 0.6) is 0 Å². The van der Waals surface area contributed by atoms with E-state index in [1.165, 1.54) is 49.8 Å². The second-order valence-electron chi connectivity index (χ2n) is 7.07. The molecule has 5 heteroatoms. The Morgan fingerprint density at radius 3 is 2.84 bits per heavy atom. The van der Waals surface area contributed by atoms with Crippen LogP contribution in [0.15, 0.2) is 29.3 Å². The van der Waals surface area contributed by atoms with Gasteiger partial charge in [0, 0.05) is 38.6 Å². The van der Waals surface area contributed by atoms with Crippen LogP contribution >= 0.6 is 24.0 Å². The Hall–Kier alpha value is -0.820. The standard InChI is InChI=1S/C20H32N4.HI/c1-3-18-9-6-7-12-24(18)13-11-22-20(21-2)23-15-17-14-16-8-4-5-10-19(16)17;/h4-5,8,10,17-18H,3,6-7,9,11-15H2,1-2H3,(H2,21,22,23);1H. The minimum atomic E-state index is 0. The van der Waals surface area contributed by atoms with Crippen molar-refractivity contribution in [3.8, 4) is 0 Å². The van der Waals surface area contributed by atoms with Gasteiger partial charge in [-0.3, -0.25) is 9.89 Å². The van der Waals surface area contributed by atoms with Crippen LogP contribution in [0.1, 0.15) is 49.7 Å². The van der Waals surface area contributed by atoms with E-state index in [0.717, 1.165) is 31.6 Å². The van der Waals surface area contributed by atoms with Gasteiger partial charge in [-0.1, -0.05) is 37.6 Å². The fourth-order valence-electron chi connectivity index (χ4n) is 4.12. The van der Waals surface area contributed by atoms with Crippen molar-refractivity contribution >= 4 is 29.9 Å². The molecule has 3 rings (SSSR count). The third kappa shape index (κ3) is 5.33. The highest BCUT2D eigenvalue weighted by Gasteiger charge is 2.25.